The van der Waals surface area contributed by atoms with E-state index in [4.69, 9.17) is 0 Å². The van der Waals surface area contributed by atoms with E-state index >= 15 is 0 Å². The van der Waals surface area contributed by atoms with Gasteiger partial charge in [-0.25, -0.2) is 4.39 Å². The molecule has 2 N–H and O–H groups in total. The number of benzene rings is 2. The molecule has 0 spiro atoms. The number of nitrogens with one attached hydrogen (secondary N) is 1. The molecule has 138 valence electrons. The Bertz CT molecular complexity index is 743. The van der Waals surface area contributed by atoms with E-state index in [0.29, 0.717) is 6.54 Å². The highest BCUT2D eigenvalue weighted by molar-refractivity contribution is 5.81. The maximum atomic E-state index is 12.9. The van der Waals surface area contributed by atoms with E-state index in [1.54, 1.807) is 18.2 Å². The van der Waals surface area contributed by atoms with Gasteiger partial charge in [-0.2, -0.15) is 0 Å². The molecule has 0 aromatic heterocycles. The molecule has 1 amide bonds. The van der Waals surface area contributed by atoms with Crippen molar-refractivity contribution >= 4 is 11.6 Å². The lowest BCUT2D eigenvalue weighted by Gasteiger charge is -2.38. The van der Waals surface area contributed by atoms with Crippen molar-refractivity contribution in [3.8, 4) is 5.75 Å². The van der Waals surface area contributed by atoms with Crippen LogP contribution in [-0.4, -0.2) is 48.1 Å². The Morgan fingerprint density at radius 2 is 1.77 bits per heavy atom. The highest BCUT2D eigenvalue weighted by Gasteiger charge is 2.26. The molecule has 5 nitrogen and oxygen atoms in total. The van der Waals surface area contributed by atoms with Gasteiger partial charge in [0.15, 0.2) is 0 Å². The van der Waals surface area contributed by atoms with Crippen LogP contribution >= 0.6 is 0 Å². The number of carbonyl (C=O) groups is 1. The van der Waals surface area contributed by atoms with Crippen molar-refractivity contribution in [3.63, 3.8) is 0 Å². The van der Waals surface area contributed by atoms with Crippen molar-refractivity contribution in [2.75, 3.05) is 31.1 Å². The van der Waals surface area contributed by atoms with E-state index in [1.807, 2.05) is 25.1 Å². The zero-order valence-corrected chi connectivity index (χ0v) is 14.9. The Morgan fingerprint density at radius 1 is 1.12 bits per heavy atom. The normalized spacial score (nSPS) is 16.3. The smallest absolute Gasteiger partial charge is 0.237 e. The molecule has 2 aromatic carbocycles. The lowest BCUT2D eigenvalue weighted by atomic mass is 10.1. The summed E-state index contributed by atoms with van der Waals surface area (Å²) >= 11 is 0. The molecule has 26 heavy (non-hydrogen) atoms. The lowest BCUT2D eigenvalue weighted by Crippen LogP contribution is -2.53. The highest BCUT2D eigenvalue weighted by atomic mass is 19.1. The Morgan fingerprint density at radius 3 is 2.42 bits per heavy atom. The molecule has 1 unspecified atom stereocenters. The van der Waals surface area contributed by atoms with Gasteiger partial charge in [-0.1, -0.05) is 24.3 Å². The summed E-state index contributed by atoms with van der Waals surface area (Å²) in [6, 6.07) is 13.2. The van der Waals surface area contributed by atoms with Crippen molar-refractivity contribution in [3.05, 3.63) is 59.9 Å². The first-order valence-electron chi connectivity index (χ1n) is 8.84. The van der Waals surface area contributed by atoms with Crippen LogP contribution in [0, 0.1) is 5.82 Å². The van der Waals surface area contributed by atoms with E-state index in [1.165, 1.54) is 12.1 Å². The average molecular weight is 357 g/mol. The number of piperazine rings is 1. The first-order chi connectivity index (χ1) is 12.5. The summed E-state index contributed by atoms with van der Waals surface area (Å²) in [5.41, 5.74) is 1.71. The van der Waals surface area contributed by atoms with Crippen molar-refractivity contribution in [1.82, 2.24) is 10.2 Å². The molecule has 0 radical (unpaired) electrons. The van der Waals surface area contributed by atoms with Crippen LogP contribution in [0.2, 0.25) is 0 Å². The van der Waals surface area contributed by atoms with Crippen LogP contribution in [0.25, 0.3) is 0 Å². The van der Waals surface area contributed by atoms with Gasteiger partial charge in [-0.05, 0) is 36.8 Å². The maximum Gasteiger partial charge on any atom is 0.237 e. The summed E-state index contributed by atoms with van der Waals surface area (Å²) in [5, 5.41) is 12.9. The number of anilines is 1. The fourth-order valence-corrected chi connectivity index (χ4v) is 3.19. The quantitative estimate of drug-likeness (QED) is 0.863. The van der Waals surface area contributed by atoms with E-state index < -0.39 is 0 Å². The molecule has 1 fully saturated rings. The highest BCUT2D eigenvalue weighted by Crippen LogP contribution is 2.27. The predicted molar refractivity (Wildman–Crippen MR) is 99.6 cm³/mol. The van der Waals surface area contributed by atoms with Crippen LogP contribution in [-0.2, 0) is 11.3 Å². The number of phenols is 1. The van der Waals surface area contributed by atoms with Crippen molar-refractivity contribution in [2.45, 2.75) is 19.5 Å². The number of phenolic OH excluding ortho intramolecular Hbond substituents is 1. The first kappa shape index (κ1) is 18.2. The Balaban J connectivity index is 1.49. The fourth-order valence-electron chi connectivity index (χ4n) is 3.19. The van der Waals surface area contributed by atoms with E-state index in [9.17, 15) is 14.3 Å². The standard InChI is InChI=1S/C20H24FN3O2/c1-15(20(26)22-14-16-6-8-17(21)9-7-16)23-10-12-24(13-11-23)18-4-2-3-5-19(18)25/h2-9,15,25H,10-14H2,1H3,(H,22,26). The third-order valence-corrected chi connectivity index (χ3v) is 4.84. The number of hydrogen-bond donors (Lipinski definition) is 2. The number of rotatable bonds is 5. The fraction of sp³-hybridized carbons (Fsp3) is 0.350. The van der Waals surface area contributed by atoms with Gasteiger partial charge in [-0.3, -0.25) is 9.69 Å². The molecule has 0 bridgehead atoms. The number of halogens is 1. The summed E-state index contributed by atoms with van der Waals surface area (Å²) in [6.07, 6.45) is 0. The number of carbonyl (C=O) groups excluding carboxylic acids is 1. The zero-order chi connectivity index (χ0) is 18.5. The van der Waals surface area contributed by atoms with Gasteiger partial charge in [-0.15, -0.1) is 0 Å². The zero-order valence-electron chi connectivity index (χ0n) is 14.9. The summed E-state index contributed by atoms with van der Waals surface area (Å²) < 4.78 is 12.9. The maximum absolute atomic E-state index is 12.9. The molecule has 0 saturated carbocycles. The number of aromatic hydroxyl groups is 1. The van der Waals surface area contributed by atoms with Crippen molar-refractivity contribution in [2.24, 2.45) is 0 Å². The van der Waals surface area contributed by atoms with Gasteiger partial charge in [0, 0.05) is 32.7 Å². The third kappa shape index (κ3) is 4.32. The molecular weight excluding hydrogens is 333 g/mol. The van der Waals surface area contributed by atoms with Gasteiger partial charge in [0.05, 0.1) is 11.7 Å². The third-order valence-electron chi connectivity index (χ3n) is 4.84. The van der Waals surface area contributed by atoms with E-state index in [0.717, 1.165) is 37.4 Å². The van der Waals surface area contributed by atoms with Gasteiger partial charge < -0.3 is 15.3 Å². The molecule has 1 aliphatic heterocycles. The number of nitrogens with zero attached hydrogens (tertiary/aromatic N) is 2. The molecule has 3 rings (SSSR count). The van der Waals surface area contributed by atoms with Crippen LogP contribution < -0.4 is 10.2 Å². The minimum atomic E-state index is -0.282. The number of hydrogen-bond acceptors (Lipinski definition) is 4. The van der Waals surface area contributed by atoms with Crippen LogP contribution in [0.1, 0.15) is 12.5 Å². The Kier molecular flexibility index (Phi) is 5.73. The van der Waals surface area contributed by atoms with Gasteiger partial charge in [0.2, 0.25) is 5.91 Å². The van der Waals surface area contributed by atoms with Crippen LogP contribution in [0.3, 0.4) is 0 Å². The van der Waals surface area contributed by atoms with E-state index in [2.05, 4.69) is 15.1 Å². The van der Waals surface area contributed by atoms with Crippen molar-refractivity contribution < 1.29 is 14.3 Å². The first-order valence-corrected chi connectivity index (χ1v) is 8.84. The van der Waals surface area contributed by atoms with Gasteiger partial charge in [0.25, 0.3) is 0 Å². The van der Waals surface area contributed by atoms with Crippen LogP contribution in [0.5, 0.6) is 5.75 Å². The second-order valence-corrected chi connectivity index (χ2v) is 6.53. The Hall–Kier alpha value is -2.60. The molecule has 0 aliphatic carbocycles. The minimum absolute atomic E-state index is 0.0367. The topological polar surface area (TPSA) is 55.8 Å². The SMILES string of the molecule is CC(C(=O)NCc1ccc(F)cc1)N1CCN(c2ccccc2O)CC1. The van der Waals surface area contributed by atoms with Crippen LogP contribution in [0.4, 0.5) is 10.1 Å². The summed E-state index contributed by atoms with van der Waals surface area (Å²) in [7, 11) is 0. The van der Waals surface area contributed by atoms with Gasteiger partial charge >= 0.3 is 0 Å². The summed E-state index contributed by atoms with van der Waals surface area (Å²) in [4.78, 5) is 16.7. The van der Waals surface area contributed by atoms with Crippen molar-refractivity contribution in [1.29, 1.82) is 0 Å². The molecule has 2 aromatic rings. The molecule has 1 atom stereocenters. The summed E-state index contributed by atoms with van der Waals surface area (Å²) in [6.45, 7) is 5.30. The number of amides is 1. The molecule has 1 heterocycles. The molecule has 1 aliphatic rings. The summed E-state index contributed by atoms with van der Waals surface area (Å²) in [5.74, 6) is -0.0351. The second-order valence-electron chi connectivity index (χ2n) is 6.53. The number of para-hydroxylation sites is 2. The predicted octanol–water partition coefficient (Wildman–Crippen LogP) is 2.36. The lowest BCUT2D eigenvalue weighted by molar-refractivity contribution is -0.126. The molecule has 6 heteroatoms. The Labute approximate surface area is 153 Å². The van der Waals surface area contributed by atoms with E-state index in [-0.39, 0.29) is 23.5 Å². The monoisotopic (exact) mass is 357 g/mol. The largest absolute Gasteiger partial charge is 0.506 e. The minimum Gasteiger partial charge on any atom is -0.506 e. The van der Waals surface area contributed by atoms with Gasteiger partial charge in [0.1, 0.15) is 11.6 Å². The second kappa shape index (κ2) is 8.19. The molecule has 1 saturated heterocycles. The molecular formula is C20H24FN3O2. The van der Waals surface area contributed by atoms with Crippen LogP contribution in [0.15, 0.2) is 48.5 Å². The average Bonchev–Trinajstić information content (AvgIpc) is 2.67.